The monoisotopic (exact) mass is 290 g/mol. The first-order valence-corrected chi connectivity index (χ1v) is 7.20. The van der Waals surface area contributed by atoms with Gasteiger partial charge in [-0.05, 0) is 48.9 Å². The lowest BCUT2D eigenvalue weighted by molar-refractivity contribution is 0.594. The van der Waals surface area contributed by atoms with E-state index in [1.807, 2.05) is 6.07 Å². The molecule has 0 aliphatic rings. The third-order valence-corrected chi connectivity index (χ3v) is 4.23. The summed E-state index contributed by atoms with van der Waals surface area (Å²) in [5.74, 6) is -0.615. The number of nitriles is 1. The zero-order valence-electron chi connectivity index (χ0n) is 10.6. The van der Waals surface area contributed by atoms with Crippen molar-refractivity contribution in [2.45, 2.75) is 11.8 Å². The SMILES string of the molecule is Cc1ccc(F)cc1S(=O)(=O)Nc1ccc(C#N)cc1. The van der Waals surface area contributed by atoms with Gasteiger partial charge >= 0.3 is 0 Å². The number of anilines is 1. The molecule has 102 valence electrons. The lowest BCUT2D eigenvalue weighted by Crippen LogP contribution is -2.14. The Morgan fingerprint density at radius 2 is 1.80 bits per heavy atom. The second kappa shape index (κ2) is 5.31. The van der Waals surface area contributed by atoms with E-state index in [0.717, 1.165) is 6.07 Å². The van der Waals surface area contributed by atoms with Crippen molar-refractivity contribution in [1.29, 1.82) is 5.26 Å². The first-order valence-electron chi connectivity index (χ1n) is 5.71. The molecule has 0 radical (unpaired) electrons. The maximum atomic E-state index is 13.2. The molecule has 0 aliphatic carbocycles. The summed E-state index contributed by atoms with van der Waals surface area (Å²) in [7, 11) is -3.86. The van der Waals surface area contributed by atoms with E-state index in [1.54, 1.807) is 6.92 Å². The molecule has 0 fully saturated rings. The minimum atomic E-state index is -3.86. The van der Waals surface area contributed by atoms with Crippen molar-refractivity contribution < 1.29 is 12.8 Å². The average Bonchev–Trinajstić information content (AvgIpc) is 2.42. The Morgan fingerprint density at radius 1 is 1.15 bits per heavy atom. The van der Waals surface area contributed by atoms with Gasteiger partial charge in [0.2, 0.25) is 0 Å². The molecule has 0 saturated heterocycles. The molecule has 0 aliphatic heterocycles. The van der Waals surface area contributed by atoms with Crippen LogP contribution < -0.4 is 4.72 Å². The number of sulfonamides is 1. The molecule has 2 aromatic carbocycles. The van der Waals surface area contributed by atoms with E-state index in [4.69, 9.17) is 5.26 Å². The fraction of sp³-hybridized carbons (Fsp3) is 0.0714. The quantitative estimate of drug-likeness (QED) is 0.945. The van der Waals surface area contributed by atoms with E-state index >= 15 is 0 Å². The molecule has 4 nitrogen and oxygen atoms in total. The lowest BCUT2D eigenvalue weighted by atomic mass is 10.2. The standard InChI is InChI=1S/C14H11FN2O2S/c1-10-2-5-12(15)8-14(10)20(18,19)17-13-6-3-11(9-16)4-7-13/h2-8,17H,1H3. The van der Waals surface area contributed by atoms with Crippen molar-refractivity contribution in [3.63, 3.8) is 0 Å². The summed E-state index contributed by atoms with van der Waals surface area (Å²) in [5, 5.41) is 8.68. The highest BCUT2D eigenvalue weighted by Crippen LogP contribution is 2.20. The van der Waals surface area contributed by atoms with Crippen LogP contribution in [0.5, 0.6) is 0 Å². The van der Waals surface area contributed by atoms with Gasteiger partial charge < -0.3 is 0 Å². The smallest absolute Gasteiger partial charge is 0.262 e. The van der Waals surface area contributed by atoms with Crippen LogP contribution in [-0.2, 0) is 10.0 Å². The third-order valence-electron chi connectivity index (χ3n) is 2.71. The number of rotatable bonds is 3. The van der Waals surface area contributed by atoms with Crippen LogP contribution in [0.25, 0.3) is 0 Å². The van der Waals surface area contributed by atoms with Crippen molar-refractivity contribution in [2.24, 2.45) is 0 Å². The third kappa shape index (κ3) is 2.95. The number of halogens is 1. The summed E-state index contributed by atoms with van der Waals surface area (Å²) >= 11 is 0. The van der Waals surface area contributed by atoms with Gasteiger partial charge in [0.15, 0.2) is 0 Å². The highest BCUT2D eigenvalue weighted by atomic mass is 32.2. The first kappa shape index (κ1) is 14.0. The molecule has 0 spiro atoms. The van der Waals surface area contributed by atoms with Gasteiger partial charge in [-0.2, -0.15) is 5.26 Å². The van der Waals surface area contributed by atoms with Gasteiger partial charge in [0.25, 0.3) is 10.0 Å². The van der Waals surface area contributed by atoms with Crippen molar-refractivity contribution in [3.8, 4) is 6.07 Å². The Balaban J connectivity index is 2.35. The van der Waals surface area contributed by atoms with E-state index < -0.39 is 15.8 Å². The summed E-state index contributed by atoms with van der Waals surface area (Å²) in [6.07, 6.45) is 0. The molecule has 0 amide bonds. The number of nitrogens with one attached hydrogen (secondary N) is 1. The first-order chi connectivity index (χ1) is 9.42. The van der Waals surface area contributed by atoms with Crippen molar-refractivity contribution in [3.05, 3.63) is 59.4 Å². The van der Waals surface area contributed by atoms with Crippen LogP contribution in [0.4, 0.5) is 10.1 Å². The van der Waals surface area contributed by atoms with Crippen LogP contribution in [0.2, 0.25) is 0 Å². The molecule has 0 atom stereocenters. The van der Waals surface area contributed by atoms with E-state index in [0.29, 0.717) is 16.8 Å². The fourth-order valence-electron chi connectivity index (χ4n) is 1.69. The molecular weight excluding hydrogens is 279 g/mol. The highest BCUT2D eigenvalue weighted by molar-refractivity contribution is 7.92. The van der Waals surface area contributed by atoms with Crippen LogP contribution in [-0.4, -0.2) is 8.42 Å². The second-order valence-corrected chi connectivity index (χ2v) is 5.86. The number of nitrogens with zero attached hydrogens (tertiary/aromatic N) is 1. The number of hydrogen-bond donors (Lipinski definition) is 1. The predicted octanol–water partition coefficient (Wildman–Crippen LogP) is 2.81. The summed E-state index contributed by atoms with van der Waals surface area (Å²) in [6.45, 7) is 1.59. The van der Waals surface area contributed by atoms with Gasteiger partial charge in [0.1, 0.15) is 5.82 Å². The number of benzene rings is 2. The molecule has 2 aromatic rings. The summed E-state index contributed by atoms with van der Waals surface area (Å²) in [5.41, 5.74) is 1.19. The van der Waals surface area contributed by atoms with Crippen LogP contribution in [0.3, 0.4) is 0 Å². The normalized spacial score (nSPS) is 10.8. The Morgan fingerprint density at radius 3 is 2.40 bits per heavy atom. The Labute approximate surface area is 116 Å². The van der Waals surface area contributed by atoms with Gasteiger partial charge in [-0.15, -0.1) is 0 Å². The maximum Gasteiger partial charge on any atom is 0.262 e. The minimum Gasteiger partial charge on any atom is -0.280 e. The zero-order chi connectivity index (χ0) is 14.8. The molecular formula is C14H11FN2O2S. The molecule has 20 heavy (non-hydrogen) atoms. The largest absolute Gasteiger partial charge is 0.280 e. The molecule has 6 heteroatoms. The molecule has 0 saturated carbocycles. The molecule has 2 rings (SSSR count). The van der Waals surface area contributed by atoms with E-state index in [2.05, 4.69) is 4.72 Å². The molecule has 0 heterocycles. The van der Waals surface area contributed by atoms with Crippen molar-refractivity contribution in [2.75, 3.05) is 4.72 Å². The van der Waals surface area contributed by atoms with Gasteiger partial charge in [-0.25, -0.2) is 12.8 Å². The predicted molar refractivity (Wildman–Crippen MR) is 73.1 cm³/mol. The minimum absolute atomic E-state index is 0.109. The van der Waals surface area contributed by atoms with E-state index in [-0.39, 0.29) is 4.90 Å². The van der Waals surface area contributed by atoms with Crippen LogP contribution in [0.15, 0.2) is 47.4 Å². The van der Waals surface area contributed by atoms with Crippen LogP contribution in [0, 0.1) is 24.1 Å². The van der Waals surface area contributed by atoms with E-state index in [1.165, 1.54) is 36.4 Å². The molecule has 1 N–H and O–H groups in total. The lowest BCUT2D eigenvalue weighted by Gasteiger charge is -2.10. The fourth-order valence-corrected chi connectivity index (χ4v) is 3.00. The molecule has 0 bridgehead atoms. The van der Waals surface area contributed by atoms with Crippen molar-refractivity contribution >= 4 is 15.7 Å². The van der Waals surface area contributed by atoms with E-state index in [9.17, 15) is 12.8 Å². The topological polar surface area (TPSA) is 70.0 Å². The number of hydrogen-bond acceptors (Lipinski definition) is 3. The molecule has 0 aromatic heterocycles. The van der Waals surface area contributed by atoms with Gasteiger partial charge in [0.05, 0.1) is 16.5 Å². The van der Waals surface area contributed by atoms with Crippen LogP contribution >= 0.6 is 0 Å². The summed E-state index contributed by atoms with van der Waals surface area (Å²) in [4.78, 5) is -0.109. The summed E-state index contributed by atoms with van der Waals surface area (Å²) < 4.78 is 39.9. The number of aryl methyl sites for hydroxylation is 1. The van der Waals surface area contributed by atoms with Crippen LogP contribution in [0.1, 0.15) is 11.1 Å². The zero-order valence-corrected chi connectivity index (χ0v) is 11.4. The maximum absolute atomic E-state index is 13.2. The Hall–Kier alpha value is -2.39. The highest BCUT2D eigenvalue weighted by Gasteiger charge is 2.17. The average molecular weight is 290 g/mol. The Kier molecular flexibility index (Phi) is 3.72. The van der Waals surface area contributed by atoms with Gasteiger partial charge in [-0.1, -0.05) is 6.07 Å². The van der Waals surface area contributed by atoms with Gasteiger partial charge in [-0.3, -0.25) is 4.72 Å². The van der Waals surface area contributed by atoms with Gasteiger partial charge in [0, 0.05) is 5.69 Å². The van der Waals surface area contributed by atoms with Crippen molar-refractivity contribution in [1.82, 2.24) is 0 Å². The summed E-state index contributed by atoms with van der Waals surface area (Å²) in [6, 6.07) is 11.5. The Bertz CT molecular complexity index is 778. The molecule has 0 unspecified atom stereocenters. The second-order valence-electron chi connectivity index (χ2n) is 4.20.